The van der Waals surface area contributed by atoms with E-state index in [1.165, 1.54) is 32.1 Å². The van der Waals surface area contributed by atoms with Crippen LogP contribution in [0.15, 0.2) is 0 Å². The van der Waals surface area contributed by atoms with Crippen LogP contribution in [0.2, 0.25) is 0 Å². The van der Waals surface area contributed by atoms with Gasteiger partial charge in [-0.3, -0.25) is 0 Å². The summed E-state index contributed by atoms with van der Waals surface area (Å²) in [5.74, 6) is 0. The van der Waals surface area contributed by atoms with Crippen molar-refractivity contribution in [2.24, 2.45) is 11.1 Å². The van der Waals surface area contributed by atoms with Gasteiger partial charge in [-0.25, -0.2) is 0 Å². The highest BCUT2D eigenvalue weighted by Gasteiger charge is 2.22. The number of rotatable bonds is 0. The first kappa shape index (κ1) is 8.06. The molecule has 1 fully saturated rings. The molecule has 1 nitrogen and oxygen atoms in total. The Bertz CT molecular complexity index is 107. The standard InChI is InChI=1S/C9H19N/c1-9(2)6-3-4-8(10)5-7-9/h8H,3-7,10H2,1-2H3/t8-/m1/s1. The van der Waals surface area contributed by atoms with Gasteiger partial charge in [-0.1, -0.05) is 20.3 Å². The monoisotopic (exact) mass is 141 g/mol. The van der Waals surface area contributed by atoms with Crippen molar-refractivity contribution in [2.75, 3.05) is 0 Å². The van der Waals surface area contributed by atoms with Crippen LogP contribution in [-0.4, -0.2) is 6.04 Å². The maximum atomic E-state index is 5.86. The van der Waals surface area contributed by atoms with Gasteiger partial charge >= 0.3 is 0 Å². The zero-order valence-electron chi connectivity index (χ0n) is 7.19. The fraction of sp³-hybridized carbons (Fsp3) is 1.00. The minimum absolute atomic E-state index is 0.488. The molecule has 10 heavy (non-hydrogen) atoms. The minimum Gasteiger partial charge on any atom is -0.328 e. The van der Waals surface area contributed by atoms with E-state index in [1.807, 2.05) is 0 Å². The van der Waals surface area contributed by atoms with E-state index in [1.54, 1.807) is 0 Å². The van der Waals surface area contributed by atoms with E-state index in [4.69, 9.17) is 5.73 Å². The Morgan fingerprint density at radius 1 is 1.20 bits per heavy atom. The predicted octanol–water partition coefficient (Wildman–Crippen LogP) is 2.30. The highest BCUT2D eigenvalue weighted by molar-refractivity contribution is 4.77. The molecule has 2 N–H and O–H groups in total. The quantitative estimate of drug-likeness (QED) is 0.515. The molecule has 0 heterocycles. The van der Waals surface area contributed by atoms with E-state index in [0.29, 0.717) is 11.5 Å². The average molecular weight is 141 g/mol. The molecule has 1 atom stereocenters. The van der Waals surface area contributed by atoms with E-state index in [0.717, 1.165) is 0 Å². The van der Waals surface area contributed by atoms with Gasteiger partial charge < -0.3 is 5.73 Å². The van der Waals surface area contributed by atoms with Crippen LogP contribution in [0.4, 0.5) is 0 Å². The van der Waals surface area contributed by atoms with Crippen molar-refractivity contribution < 1.29 is 0 Å². The molecule has 1 aliphatic rings. The number of nitrogens with two attached hydrogens (primary N) is 1. The Morgan fingerprint density at radius 2 is 1.90 bits per heavy atom. The fourth-order valence-electron chi connectivity index (χ4n) is 1.69. The summed E-state index contributed by atoms with van der Waals surface area (Å²) in [6.45, 7) is 4.70. The van der Waals surface area contributed by atoms with Crippen LogP contribution < -0.4 is 5.73 Å². The molecular formula is C9H19N. The fourth-order valence-corrected chi connectivity index (χ4v) is 1.69. The molecular weight excluding hydrogens is 122 g/mol. The van der Waals surface area contributed by atoms with Crippen LogP contribution in [0.3, 0.4) is 0 Å². The Kier molecular flexibility index (Phi) is 2.35. The smallest absolute Gasteiger partial charge is 0.00390 e. The van der Waals surface area contributed by atoms with E-state index in [-0.39, 0.29) is 0 Å². The summed E-state index contributed by atoms with van der Waals surface area (Å²) in [4.78, 5) is 0. The normalized spacial score (nSPS) is 33.3. The van der Waals surface area contributed by atoms with Crippen molar-refractivity contribution in [3.8, 4) is 0 Å². The lowest BCUT2D eigenvalue weighted by Gasteiger charge is -2.21. The van der Waals surface area contributed by atoms with Crippen molar-refractivity contribution in [1.29, 1.82) is 0 Å². The van der Waals surface area contributed by atoms with Gasteiger partial charge in [0.15, 0.2) is 0 Å². The summed E-state index contributed by atoms with van der Waals surface area (Å²) >= 11 is 0. The van der Waals surface area contributed by atoms with Gasteiger partial charge in [0.1, 0.15) is 0 Å². The van der Waals surface area contributed by atoms with Gasteiger partial charge in [-0.2, -0.15) is 0 Å². The van der Waals surface area contributed by atoms with Crippen molar-refractivity contribution >= 4 is 0 Å². The third kappa shape index (κ3) is 2.30. The van der Waals surface area contributed by atoms with E-state index < -0.39 is 0 Å². The molecule has 60 valence electrons. The van der Waals surface area contributed by atoms with Gasteiger partial charge in [0.2, 0.25) is 0 Å². The summed E-state index contributed by atoms with van der Waals surface area (Å²) in [6, 6.07) is 0.488. The topological polar surface area (TPSA) is 26.0 Å². The molecule has 0 saturated heterocycles. The third-order valence-corrected chi connectivity index (χ3v) is 2.62. The molecule has 0 aromatic heterocycles. The summed E-state index contributed by atoms with van der Waals surface area (Å²) in [5.41, 5.74) is 6.42. The number of hydrogen-bond donors (Lipinski definition) is 1. The zero-order valence-corrected chi connectivity index (χ0v) is 7.19. The van der Waals surface area contributed by atoms with E-state index in [9.17, 15) is 0 Å². The van der Waals surface area contributed by atoms with Gasteiger partial charge in [0, 0.05) is 6.04 Å². The lowest BCUT2D eigenvalue weighted by atomic mass is 9.85. The molecule has 0 spiro atoms. The first-order valence-corrected chi connectivity index (χ1v) is 4.36. The van der Waals surface area contributed by atoms with Crippen LogP contribution in [-0.2, 0) is 0 Å². The van der Waals surface area contributed by atoms with Crippen LogP contribution in [0.5, 0.6) is 0 Å². The maximum Gasteiger partial charge on any atom is 0.00390 e. The first-order valence-electron chi connectivity index (χ1n) is 4.36. The van der Waals surface area contributed by atoms with E-state index >= 15 is 0 Å². The second kappa shape index (κ2) is 2.91. The second-order valence-corrected chi connectivity index (χ2v) is 4.36. The zero-order chi connectivity index (χ0) is 7.61. The molecule has 0 aromatic carbocycles. The van der Waals surface area contributed by atoms with Crippen molar-refractivity contribution in [1.82, 2.24) is 0 Å². The third-order valence-electron chi connectivity index (χ3n) is 2.62. The van der Waals surface area contributed by atoms with Crippen LogP contribution in [0, 0.1) is 5.41 Å². The Morgan fingerprint density at radius 3 is 2.60 bits per heavy atom. The molecule has 1 saturated carbocycles. The molecule has 0 bridgehead atoms. The Hall–Kier alpha value is -0.0400. The summed E-state index contributed by atoms with van der Waals surface area (Å²) in [7, 11) is 0. The SMILES string of the molecule is CC1(C)CCC[C@@H](N)CC1. The Balaban J connectivity index is 2.41. The Labute approximate surface area is 64.0 Å². The van der Waals surface area contributed by atoms with E-state index in [2.05, 4.69) is 13.8 Å². The van der Waals surface area contributed by atoms with Crippen molar-refractivity contribution in [3.05, 3.63) is 0 Å². The minimum atomic E-state index is 0.488. The first-order chi connectivity index (χ1) is 4.60. The van der Waals surface area contributed by atoms with Crippen molar-refractivity contribution in [3.63, 3.8) is 0 Å². The summed E-state index contributed by atoms with van der Waals surface area (Å²) in [5, 5.41) is 0. The molecule has 0 radical (unpaired) electrons. The lowest BCUT2D eigenvalue weighted by Crippen LogP contribution is -2.18. The number of hydrogen-bond acceptors (Lipinski definition) is 1. The summed E-state index contributed by atoms with van der Waals surface area (Å²) in [6.07, 6.45) is 6.47. The van der Waals surface area contributed by atoms with Crippen LogP contribution >= 0.6 is 0 Å². The average Bonchev–Trinajstić information content (AvgIpc) is 1.94. The van der Waals surface area contributed by atoms with Crippen LogP contribution in [0.25, 0.3) is 0 Å². The highest BCUT2D eigenvalue weighted by atomic mass is 14.6. The van der Waals surface area contributed by atoms with Gasteiger partial charge in [-0.15, -0.1) is 0 Å². The second-order valence-electron chi connectivity index (χ2n) is 4.36. The van der Waals surface area contributed by atoms with Gasteiger partial charge in [0.05, 0.1) is 0 Å². The summed E-state index contributed by atoms with van der Waals surface area (Å²) < 4.78 is 0. The largest absolute Gasteiger partial charge is 0.328 e. The molecule has 0 aromatic rings. The molecule has 1 aliphatic carbocycles. The van der Waals surface area contributed by atoms with Gasteiger partial charge in [-0.05, 0) is 31.1 Å². The molecule has 0 amide bonds. The van der Waals surface area contributed by atoms with Gasteiger partial charge in [0.25, 0.3) is 0 Å². The maximum absolute atomic E-state index is 5.86. The lowest BCUT2D eigenvalue weighted by molar-refractivity contribution is 0.313. The molecule has 1 rings (SSSR count). The van der Waals surface area contributed by atoms with Crippen molar-refractivity contribution in [2.45, 2.75) is 52.0 Å². The molecule has 0 aliphatic heterocycles. The van der Waals surface area contributed by atoms with Crippen LogP contribution in [0.1, 0.15) is 46.0 Å². The predicted molar refractivity (Wildman–Crippen MR) is 44.8 cm³/mol. The molecule has 1 heteroatoms. The molecule has 0 unspecified atom stereocenters. The highest BCUT2D eigenvalue weighted by Crippen LogP contribution is 2.32.